The molecule has 1 amide bonds. The van der Waals surface area contributed by atoms with E-state index < -0.39 is 0 Å². The number of hydrogen-bond donors (Lipinski definition) is 0. The van der Waals surface area contributed by atoms with Crippen LogP contribution >= 0.6 is 0 Å². The monoisotopic (exact) mass is 387 g/mol. The summed E-state index contributed by atoms with van der Waals surface area (Å²) in [6.07, 6.45) is 3.30. The van der Waals surface area contributed by atoms with Gasteiger partial charge in [-0.25, -0.2) is 9.97 Å². The third-order valence-electron chi connectivity index (χ3n) is 5.21. The second kappa shape index (κ2) is 8.73. The van der Waals surface area contributed by atoms with Gasteiger partial charge in [0.05, 0.1) is 12.4 Å². The van der Waals surface area contributed by atoms with E-state index in [4.69, 9.17) is 0 Å². The number of rotatable bonds is 5. The van der Waals surface area contributed by atoms with E-state index in [0.717, 1.165) is 37.7 Å². The molecular formula is C23H25N5O. The second-order valence-corrected chi connectivity index (χ2v) is 6.95. The molecular weight excluding hydrogens is 362 g/mol. The summed E-state index contributed by atoms with van der Waals surface area (Å²) >= 11 is 0. The van der Waals surface area contributed by atoms with Crippen LogP contribution in [0.3, 0.4) is 0 Å². The van der Waals surface area contributed by atoms with Gasteiger partial charge in [-0.2, -0.15) is 0 Å². The van der Waals surface area contributed by atoms with Crippen LogP contribution in [-0.2, 0) is 0 Å². The smallest absolute Gasteiger partial charge is 0.278 e. The van der Waals surface area contributed by atoms with Crippen molar-refractivity contribution in [2.75, 3.05) is 47.4 Å². The highest BCUT2D eigenvalue weighted by Crippen LogP contribution is 2.19. The molecule has 0 radical (unpaired) electrons. The maximum atomic E-state index is 12.9. The van der Waals surface area contributed by atoms with E-state index in [-0.39, 0.29) is 5.91 Å². The van der Waals surface area contributed by atoms with Gasteiger partial charge in [0.1, 0.15) is 11.5 Å². The van der Waals surface area contributed by atoms with E-state index in [1.807, 2.05) is 43.3 Å². The van der Waals surface area contributed by atoms with Crippen molar-refractivity contribution in [2.24, 2.45) is 0 Å². The molecule has 0 bridgehead atoms. The topological polar surface area (TPSA) is 52.6 Å². The van der Waals surface area contributed by atoms with Crippen molar-refractivity contribution in [1.82, 2.24) is 9.97 Å². The van der Waals surface area contributed by atoms with Gasteiger partial charge in [-0.1, -0.05) is 36.4 Å². The highest BCUT2D eigenvalue weighted by Gasteiger charge is 2.21. The maximum absolute atomic E-state index is 12.9. The molecule has 3 aromatic rings. The summed E-state index contributed by atoms with van der Waals surface area (Å²) in [5.41, 5.74) is 2.48. The predicted octanol–water partition coefficient (Wildman–Crippen LogP) is 3.47. The fourth-order valence-corrected chi connectivity index (χ4v) is 3.62. The summed E-state index contributed by atoms with van der Waals surface area (Å²) in [7, 11) is 0. The average Bonchev–Trinajstić information content (AvgIpc) is 2.81. The van der Waals surface area contributed by atoms with Crippen LogP contribution in [0.2, 0.25) is 0 Å². The number of anilines is 3. The molecule has 1 aliphatic heterocycles. The standard InChI is InChI=1S/C23H25N5O/c1-2-28(20-11-7-4-8-12-20)23(29)21-17-25-22(18-24-21)27-15-13-26(14-16-27)19-9-5-3-6-10-19/h3-12,17-18H,2,13-16H2,1H3. The lowest BCUT2D eigenvalue weighted by atomic mass is 10.2. The number of para-hydroxylation sites is 2. The molecule has 29 heavy (non-hydrogen) atoms. The number of amides is 1. The first-order chi connectivity index (χ1) is 14.3. The van der Waals surface area contributed by atoms with Crippen LogP contribution < -0.4 is 14.7 Å². The van der Waals surface area contributed by atoms with Crippen molar-refractivity contribution in [3.8, 4) is 0 Å². The van der Waals surface area contributed by atoms with Gasteiger partial charge in [0.15, 0.2) is 0 Å². The van der Waals surface area contributed by atoms with E-state index >= 15 is 0 Å². The Bertz CT molecular complexity index is 923. The molecule has 0 aliphatic carbocycles. The van der Waals surface area contributed by atoms with Gasteiger partial charge in [-0.3, -0.25) is 4.79 Å². The van der Waals surface area contributed by atoms with Crippen molar-refractivity contribution in [3.05, 3.63) is 78.8 Å². The maximum Gasteiger partial charge on any atom is 0.278 e. The Labute approximate surface area is 171 Å². The lowest BCUT2D eigenvalue weighted by molar-refractivity contribution is 0.0983. The molecule has 1 aromatic heterocycles. The Morgan fingerprint density at radius 2 is 1.48 bits per heavy atom. The number of carbonyl (C=O) groups is 1. The molecule has 2 aromatic carbocycles. The summed E-state index contributed by atoms with van der Waals surface area (Å²) in [5.74, 6) is 0.684. The van der Waals surface area contributed by atoms with Crippen LogP contribution in [0, 0.1) is 0 Å². The summed E-state index contributed by atoms with van der Waals surface area (Å²) in [6, 6.07) is 20.1. The molecule has 148 valence electrons. The van der Waals surface area contributed by atoms with Gasteiger partial charge in [-0.15, -0.1) is 0 Å². The summed E-state index contributed by atoms with van der Waals surface area (Å²) < 4.78 is 0. The number of aromatic nitrogens is 2. The number of benzene rings is 2. The van der Waals surface area contributed by atoms with Crippen LogP contribution in [0.5, 0.6) is 0 Å². The van der Waals surface area contributed by atoms with Crippen LogP contribution in [0.4, 0.5) is 17.2 Å². The van der Waals surface area contributed by atoms with Gasteiger partial charge in [-0.05, 0) is 31.2 Å². The molecule has 0 N–H and O–H groups in total. The first-order valence-corrected chi connectivity index (χ1v) is 10.00. The lowest BCUT2D eigenvalue weighted by Crippen LogP contribution is -2.46. The van der Waals surface area contributed by atoms with Crippen LogP contribution in [-0.4, -0.2) is 48.6 Å². The zero-order valence-electron chi connectivity index (χ0n) is 16.6. The molecule has 1 fully saturated rings. The van der Waals surface area contributed by atoms with Gasteiger partial charge < -0.3 is 14.7 Å². The molecule has 0 unspecified atom stereocenters. The van der Waals surface area contributed by atoms with Crippen molar-refractivity contribution in [2.45, 2.75) is 6.92 Å². The first kappa shape index (κ1) is 18.9. The number of carbonyl (C=O) groups excluding carboxylic acids is 1. The van der Waals surface area contributed by atoms with Crippen molar-refractivity contribution in [3.63, 3.8) is 0 Å². The predicted molar refractivity (Wildman–Crippen MR) is 117 cm³/mol. The molecule has 0 saturated carbocycles. The quantitative estimate of drug-likeness (QED) is 0.671. The third-order valence-corrected chi connectivity index (χ3v) is 5.21. The fourth-order valence-electron chi connectivity index (χ4n) is 3.62. The molecule has 0 atom stereocenters. The zero-order valence-corrected chi connectivity index (χ0v) is 16.6. The zero-order chi connectivity index (χ0) is 20.1. The largest absolute Gasteiger partial charge is 0.368 e. The molecule has 6 nitrogen and oxygen atoms in total. The Hall–Kier alpha value is -3.41. The minimum absolute atomic E-state index is 0.133. The van der Waals surface area contributed by atoms with Gasteiger partial charge in [0, 0.05) is 44.1 Å². The van der Waals surface area contributed by atoms with Crippen molar-refractivity contribution < 1.29 is 4.79 Å². The fraction of sp³-hybridized carbons (Fsp3) is 0.261. The minimum atomic E-state index is -0.133. The SMILES string of the molecule is CCN(C(=O)c1cnc(N2CCN(c3ccccc3)CC2)cn1)c1ccccc1. The Morgan fingerprint density at radius 3 is 2.07 bits per heavy atom. The third kappa shape index (κ3) is 4.21. The van der Waals surface area contributed by atoms with Gasteiger partial charge >= 0.3 is 0 Å². The number of hydrogen-bond acceptors (Lipinski definition) is 5. The Balaban J connectivity index is 1.41. The number of piperazine rings is 1. The second-order valence-electron chi connectivity index (χ2n) is 6.95. The summed E-state index contributed by atoms with van der Waals surface area (Å²) in [4.78, 5) is 28.1. The molecule has 0 spiro atoms. The van der Waals surface area contributed by atoms with Gasteiger partial charge in [0.25, 0.3) is 5.91 Å². The normalized spacial score (nSPS) is 14.0. The summed E-state index contributed by atoms with van der Waals surface area (Å²) in [6.45, 7) is 6.16. The molecule has 4 rings (SSSR count). The van der Waals surface area contributed by atoms with Crippen LogP contribution in [0.15, 0.2) is 73.1 Å². The van der Waals surface area contributed by atoms with Gasteiger partial charge in [0.2, 0.25) is 0 Å². The van der Waals surface area contributed by atoms with E-state index in [9.17, 15) is 4.79 Å². The van der Waals surface area contributed by atoms with E-state index in [0.29, 0.717) is 12.2 Å². The Kier molecular flexibility index (Phi) is 5.70. The molecule has 1 aliphatic rings. The highest BCUT2D eigenvalue weighted by molar-refractivity contribution is 6.04. The van der Waals surface area contributed by atoms with Crippen LogP contribution in [0.1, 0.15) is 17.4 Å². The average molecular weight is 387 g/mol. The van der Waals surface area contributed by atoms with Crippen molar-refractivity contribution >= 4 is 23.1 Å². The minimum Gasteiger partial charge on any atom is -0.368 e. The van der Waals surface area contributed by atoms with E-state index in [1.165, 1.54) is 5.69 Å². The van der Waals surface area contributed by atoms with Crippen LogP contribution in [0.25, 0.3) is 0 Å². The Morgan fingerprint density at radius 1 is 0.862 bits per heavy atom. The highest BCUT2D eigenvalue weighted by atomic mass is 16.2. The van der Waals surface area contributed by atoms with Crippen molar-refractivity contribution in [1.29, 1.82) is 0 Å². The molecule has 2 heterocycles. The van der Waals surface area contributed by atoms with E-state index in [2.05, 4.69) is 44.0 Å². The molecule has 1 saturated heterocycles. The number of nitrogens with zero attached hydrogens (tertiary/aromatic N) is 5. The lowest BCUT2D eigenvalue weighted by Gasteiger charge is -2.36. The first-order valence-electron chi connectivity index (χ1n) is 10.00. The molecule has 6 heteroatoms. The van der Waals surface area contributed by atoms with E-state index in [1.54, 1.807) is 17.3 Å². The summed E-state index contributed by atoms with van der Waals surface area (Å²) in [5, 5.41) is 0.